The van der Waals surface area contributed by atoms with Gasteiger partial charge in [0.25, 0.3) is 0 Å². The first kappa shape index (κ1) is 13.8. The topological polar surface area (TPSA) is 6.48 Å². The minimum atomic E-state index is -0.811. The van der Waals surface area contributed by atoms with E-state index in [2.05, 4.69) is 13.2 Å². The van der Waals surface area contributed by atoms with Crippen LogP contribution in [0.5, 0.6) is 0 Å². The van der Waals surface area contributed by atoms with Crippen LogP contribution in [0, 0.1) is 0 Å². The van der Waals surface area contributed by atoms with Crippen LogP contribution in [0.3, 0.4) is 0 Å². The molecule has 15 heavy (non-hydrogen) atoms. The molecule has 0 aliphatic carbocycles. The average Bonchev–Trinajstić information content (AvgIpc) is 2.11. The van der Waals surface area contributed by atoms with Gasteiger partial charge in [0.15, 0.2) is 0 Å². The number of hydrogen-bond acceptors (Lipinski definition) is 2. The summed E-state index contributed by atoms with van der Waals surface area (Å²) in [7, 11) is 5.55. The van der Waals surface area contributed by atoms with Gasteiger partial charge in [0.2, 0.25) is 0 Å². The Kier molecular flexibility index (Phi) is 5.86. The SMILES string of the molecule is C=C(F)/C=C(/F)C(=C)N(C)CCN(C)C. The summed E-state index contributed by atoms with van der Waals surface area (Å²) in [5.74, 6) is -1.50. The van der Waals surface area contributed by atoms with E-state index in [1.807, 2.05) is 19.0 Å². The van der Waals surface area contributed by atoms with E-state index in [-0.39, 0.29) is 5.70 Å². The van der Waals surface area contributed by atoms with Gasteiger partial charge in [0.1, 0.15) is 11.7 Å². The molecule has 0 spiro atoms. The minimum absolute atomic E-state index is 0.163. The molecular formula is C11H18F2N2. The lowest BCUT2D eigenvalue weighted by atomic mass is 10.3. The highest BCUT2D eigenvalue weighted by molar-refractivity contribution is 5.26. The van der Waals surface area contributed by atoms with Gasteiger partial charge in [-0.1, -0.05) is 13.2 Å². The summed E-state index contributed by atoms with van der Waals surface area (Å²) in [6.07, 6.45) is 0.731. The lowest BCUT2D eigenvalue weighted by molar-refractivity contribution is 0.322. The first-order valence-electron chi connectivity index (χ1n) is 4.61. The van der Waals surface area contributed by atoms with Gasteiger partial charge in [-0.15, -0.1) is 0 Å². The summed E-state index contributed by atoms with van der Waals surface area (Å²) in [6.45, 7) is 7.91. The summed E-state index contributed by atoms with van der Waals surface area (Å²) in [6, 6.07) is 0. The molecule has 0 aromatic heterocycles. The molecule has 0 aromatic rings. The van der Waals surface area contributed by atoms with Crippen molar-refractivity contribution in [3.8, 4) is 0 Å². The van der Waals surface area contributed by atoms with Crippen LogP contribution in [-0.4, -0.2) is 44.0 Å². The summed E-state index contributed by atoms with van der Waals surface area (Å²) >= 11 is 0. The largest absolute Gasteiger partial charge is 0.371 e. The highest BCUT2D eigenvalue weighted by Crippen LogP contribution is 2.15. The summed E-state index contributed by atoms with van der Waals surface area (Å²) < 4.78 is 25.5. The second-order valence-corrected chi connectivity index (χ2v) is 3.61. The van der Waals surface area contributed by atoms with Crippen molar-refractivity contribution in [1.82, 2.24) is 9.80 Å². The fraction of sp³-hybridized carbons (Fsp3) is 0.455. The van der Waals surface area contributed by atoms with Crippen LogP contribution < -0.4 is 0 Å². The smallest absolute Gasteiger partial charge is 0.148 e. The van der Waals surface area contributed by atoms with Gasteiger partial charge < -0.3 is 9.80 Å². The van der Waals surface area contributed by atoms with Crippen LogP contribution in [0.2, 0.25) is 0 Å². The van der Waals surface area contributed by atoms with Crippen molar-refractivity contribution >= 4 is 0 Å². The number of likely N-dealkylation sites (N-methyl/N-ethyl adjacent to an activating group) is 2. The van der Waals surface area contributed by atoms with E-state index in [9.17, 15) is 8.78 Å². The average molecular weight is 216 g/mol. The van der Waals surface area contributed by atoms with Crippen molar-refractivity contribution in [2.75, 3.05) is 34.2 Å². The Hall–Kier alpha value is -1.16. The highest BCUT2D eigenvalue weighted by atomic mass is 19.1. The zero-order valence-corrected chi connectivity index (χ0v) is 9.56. The quantitative estimate of drug-likeness (QED) is 0.629. The number of allylic oxidation sites excluding steroid dienone is 3. The summed E-state index contributed by atoms with van der Waals surface area (Å²) in [4.78, 5) is 3.61. The maximum Gasteiger partial charge on any atom is 0.148 e. The molecule has 0 heterocycles. The standard InChI is InChI=1S/C11H18F2N2/c1-9(12)8-11(13)10(2)15(5)7-6-14(3)4/h8H,1-2,6-7H2,3-5H3/b11-8+. The molecule has 0 radical (unpaired) electrons. The van der Waals surface area contributed by atoms with Crippen LogP contribution >= 0.6 is 0 Å². The van der Waals surface area contributed by atoms with Crippen molar-refractivity contribution in [3.05, 3.63) is 36.6 Å². The van der Waals surface area contributed by atoms with Gasteiger partial charge >= 0.3 is 0 Å². The van der Waals surface area contributed by atoms with E-state index in [1.54, 1.807) is 11.9 Å². The Bertz CT molecular complexity index is 270. The molecule has 0 unspecified atom stereocenters. The molecule has 4 heteroatoms. The monoisotopic (exact) mass is 216 g/mol. The highest BCUT2D eigenvalue weighted by Gasteiger charge is 2.08. The van der Waals surface area contributed by atoms with Gasteiger partial charge in [-0.3, -0.25) is 0 Å². The van der Waals surface area contributed by atoms with Gasteiger partial charge in [0.05, 0.1) is 5.70 Å². The lowest BCUT2D eigenvalue weighted by Crippen LogP contribution is -2.28. The predicted octanol–water partition coefficient (Wildman–Crippen LogP) is 2.33. The van der Waals surface area contributed by atoms with Crippen LogP contribution in [-0.2, 0) is 0 Å². The molecule has 0 aliphatic heterocycles. The molecule has 0 atom stereocenters. The van der Waals surface area contributed by atoms with Crippen molar-refractivity contribution in [3.63, 3.8) is 0 Å². The van der Waals surface area contributed by atoms with E-state index in [1.165, 1.54) is 0 Å². The normalized spacial score (nSPS) is 11.7. The number of rotatable bonds is 6. The van der Waals surface area contributed by atoms with Crippen LogP contribution in [0.4, 0.5) is 8.78 Å². The maximum absolute atomic E-state index is 13.2. The molecule has 0 bridgehead atoms. The fourth-order valence-electron chi connectivity index (χ4n) is 0.888. The second kappa shape index (κ2) is 6.35. The van der Waals surface area contributed by atoms with Crippen molar-refractivity contribution in [2.24, 2.45) is 0 Å². The first-order chi connectivity index (χ1) is 6.84. The Morgan fingerprint density at radius 3 is 2.07 bits per heavy atom. The molecule has 86 valence electrons. The van der Waals surface area contributed by atoms with E-state index in [0.717, 1.165) is 12.6 Å². The van der Waals surface area contributed by atoms with Crippen LogP contribution in [0.1, 0.15) is 0 Å². The van der Waals surface area contributed by atoms with E-state index >= 15 is 0 Å². The Balaban J connectivity index is 4.26. The second-order valence-electron chi connectivity index (χ2n) is 3.61. The van der Waals surface area contributed by atoms with Crippen molar-refractivity contribution < 1.29 is 8.78 Å². The Morgan fingerprint density at radius 2 is 1.67 bits per heavy atom. The van der Waals surface area contributed by atoms with E-state index in [4.69, 9.17) is 0 Å². The molecule has 0 aromatic carbocycles. The third-order valence-electron chi connectivity index (χ3n) is 1.90. The molecule has 0 amide bonds. The Labute approximate surface area is 90.2 Å². The molecule has 0 aliphatic rings. The van der Waals surface area contributed by atoms with Gasteiger partial charge in [-0.2, -0.15) is 0 Å². The van der Waals surface area contributed by atoms with Gasteiger partial charge in [0, 0.05) is 26.2 Å². The first-order valence-corrected chi connectivity index (χ1v) is 4.61. The van der Waals surface area contributed by atoms with Crippen molar-refractivity contribution in [2.45, 2.75) is 0 Å². The summed E-state index contributed by atoms with van der Waals surface area (Å²) in [5, 5.41) is 0. The molecule has 2 nitrogen and oxygen atoms in total. The predicted molar refractivity (Wildman–Crippen MR) is 59.8 cm³/mol. The molecule has 0 rings (SSSR count). The van der Waals surface area contributed by atoms with E-state index in [0.29, 0.717) is 6.54 Å². The van der Waals surface area contributed by atoms with E-state index < -0.39 is 11.7 Å². The zero-order chi connectivity index (χ0) is 12.0. The number of halogens is 2. The fourth-order valence-corrected chi connectivity index (χ4v) is 0.888. The van der Waals surface area contributed by atoms with Crippen molar-refractivity contribution in [1.29, 1.82) is 0 Å². The molecule has 0 saturated carbocycles. The number of hydrogen-bond donors (Lipinski definition) is 0. The third-order valence-corrected chi connectivity index (χ3v) is 1.90. The molecule has 0 N–H and O–H groups in total. The summed E-state index contributed by atoms with van der Waals surface area (Å²) in [5.41, 5.74) is 0.163. The minimum Gasteiger partial charge on any atom is -0.371 e. The molecule has 0 saturated heterocycles. The van der Waals surface area contributed by atoms with Gasteiger partial charge in [-0.25, -0.2) is 8.78 Å². The third kappa shape index (κ3) is 6.01. The van der Waals surface area contributed by atoms with Crippen LogP contribution in [0.15, 0.2) is 36.6 Å². The van der Waals surface area contributed by atoms with Crippen LogP contribution in [0.25, 0.3) is 0 Å². The lowest BCUT2D eigenvalue weighted by Gasteiger charge is -2.22. The Morgan fingerprint density at radius 1 is 1.13 bits per heavy atom. The van der Waals surface area contributed by atoms with Gasteiger partial charge in [-0.05, 0) is 14.1 Å². The number of nitrogens with zero attached hydrogens (tertiary/aromatic N) is 2. The molecular weight excluding hydrogens is 198 g/mol. The maximum atomic E-state index is 13.2. The molecule has 0 fully saturated rings. The zero-order valence-electron chi connectivity index (χ0n) is 9.56.